The number of aromatic nitrogens is 2. The number of aryl methyl sites for hydroxylation is 2. The maximum absolute atomic E-state index is 5.64. The van der Waals surface area contributed by atoms with Gasteiger partial charge in [-0.15, -0.1) is 0 Å². The van der Waals surface area contributed by atoms with Crippen LogP contribution >= 0.6 is 0 Å². The van der Waals surface area contributed by atoms with Gasteiger partial charge in [-0.2, -0.15) is 0 Å². The SMILES string of the molecule is CCNC(=NCc1cc(N(C)C)nc2ccccc12)NCc1nc(C)c(C)o1. The van der Waals surface area contributed by atoms with Crippen molar-refractivity contribution in [1.29, 1.82) is 0 Å². The number of rotatable bonds is 6. The molecule has 0 aliphatic rings. The fourth-order valence-corrected chi connectivity index (χ4v) is 2.87. The number of nitrogens with one attached hydrogen (secondary N) is 2. The summed E-state index contributed by atoms with van der Waals surface area (Å²) in [5.74, 6) is 3.15. The van der Waals surface area contributed by atoms with Crippen LogP contribution in [0.25, 0.3) is 10.9 Å². The molecular weight excluding hydrogens is 352 g/mol. The molecule has 0 unspecified atom stereocenters. The summed E-state index contributed by atoms with van der Waals surface area (Å²) in [6.45, 7) is 7.71. The van der Waals surface area contributed by atoms with Crippen LogP contribution in [0.2, 0.25) is 0 Å². The molecule has 0 spiro atoms. The molecule has 3 aromatic rings. The number of guanidine groups is 1. The number of para-hydroxylation sites is 1. The molecule has 148 valence electrons. The van der Waals surface area contributed by atoms with E-state index in [0.717, 1.165) is 46.2 Å². The Morgan fingerprint density at radius 3 is 2.61 bits per heavy atom. The number of hydrogen-bond donors (Lipinski definition) is 2. The van der Waals surface area contributed by atoms with E-state index in [1.165, 1.54) is 0 Å². The number of hydrogen-bond acceptors (Lipinski definition) is 5. The van der Waals surface area contributed by atoms with Crippen molar-refractivity contribution in [3.05, 3.63) is 53.2 Å². The second-order valence-corrected chi connectivity index (χ2v) is 6.85. The van der Waals surface area contributed by atoms with Crippen LogP contribution in [-0.2, 0) is 13.1 Å². The molecule has 2 N–H and O–H groups in total. The molecule has 1 aromatic carbocycles. The van der Waals surface area contributed by atoms with Crippen LogP contribution in [0.3, 0.4) is 0 Å². The fraction of sp³-hybridized carbons (Fsp3) is 0.381. The molecule has 7 heteroatoms. The molecule has 2 heterocycles. The van der Waals surface area contributed by atoms with Gasteiger partial charge in [0.15, 0.2) is 5.96 Å². The summed E-state index contributed by atoms with van der Waals surface area (Å²) >= 11 is 0. The number of nitrogens with zero attached hydrogens (tertiary/aromatic N) is 4. The Morgan fingerprint density at radius 1 is 1.14 bits per heavy atom. The van der Waals surface area contributed by atoms with Crippen molar-refractivity contribution < 1.29 is 4.42 Å². The zero-order valence-electron chi connectivity index (χ0n) is 17.2. The number of anilines is 1. The Kier molecular flexibility index (Phi) is 6.13. The number of aliphatic imine (C=N–C) groups is 1. The maximum atomic E-state index is 5.64. The lowest BCUT2D eigenvalue weighted by Gasteiger charge is -2.15. The molecule has 0 radical (unpaired) electrons. The molecule has 0 atom stereocenters. The topological polar surface area (TPSA) is 78.6 Å². The van der Waals surface area contributed by atoms with Crippen LogP contribution in [0.5, 0.6) is 0 Å². The van der Waals surface area contributed by atoms with Crippen molar-refractivity contribution in [2.45, 2.75) is 33.9 Å². The molecule has 0 saturated heterocycles. The van der Waals surface area contributed by atoms with Crippen LogP contribution in [0.1, 0.15) is 29.8 Å². The van der Waals surface area contributed by atoms with Gasteiger partial charge in [0.1, 0.15) is 11.6 Å². The van der Waals surface area contributed by atoms with Gasteiger partial charge in [-0.3, -0.25) is 0 Å². The normalized spacial score (nSPS) is 11.7. The average molecular weight is 380 g/mol. The van der Waals surface area contributed by atoms with Crippen LogP contribution < -0.4 is 15.5 Å². The van der Waals surface area contributed by atoms with Crippen molar-refractivity contribution in [1.82, 2.24) is 20.6 Å². The molecular formula is C21H28N6O. The van der Waals surface area contributed by atoms with Gasteiger partial charge in [-0.1, -0.05) is 18.2 Å². The number of oxazole rings is 1. The van der Waals surface area contributed by atoms with Gasteiger partial charge >= 0.3 is 0 Å². The minimum absolute atomic E-state index is 0.487. The lowest BCUT2D eigenvalue weighted by atomic mass is 10.1. The molecule has 2 aromatic heterocycles. The van der Waals surface area contributed by atoms with E-state index in [0.29, 0.717) is 19.0 Å². The standard InChI is InChI=1S/C21H28N6O/c1-6-22-21(24-13-20-25-14(2)15(3)28-20)23-12-16-11-19(27(4)5)26-18-10-8-7-9-17(16)18/h7-11H,6,12-13H2,1-5H3,(H2,22,23,24). The Bertz CT molecular complexity index is 957. The first-order chi connectivity index (χ1) is 13.5. The van der Waals surface area contributed by atoms with Gasteiger partial charge < -0.3 is 20.0 Å². The summed E-state index contributed by atoms with van der Waals surface area (Å²) < 4.78 is 5.64. The minimum Gasteiger partial charge on any atom is -0.444 e. The van der Waals surface area contributed by atoms with E-state index in [9.17, 15) is 0 Å². The van der Waals surface area contributed by atoms with E-state index < -0.39 is 0 Å². The summed E-state index contributed by atoms with van der Waals surface area (Å²) in [6, 6.07) is 10.3. The predicted octanol–water partition coefficient (Wildman–Crippen LogP) is 3.16. The van der Waals surface area contributed by atoms with E-state index in [2.05, 4.69) is 27.8 Å². The largest absolute Gasteiger partial charge is 0.444 e. The first kappa shape index (κ1) is 19.7. The summed E-state index contributed by atoms with van der Waals surface area (Å²) in [5, 5.41) is 7.68. The molecule has 0 aliphatic heterocycles. The molecule has 0 bridgehead atoms. The van der Waals surface area contributed by atoms with Gasteiger partial charge in [-0.25, -0.2) is 15.0 Å². The van der Waals surface area contributed by atoms with Crippen LogP contribution in [0.4, 0.5) is 5.82 Å². The van der Waals surface area contributed by atoms with Gasteiger partial charge in [0.25, 0.3) is 0 Å². The highest BCUT2D eigenvalue weighted by molar-refractivity contribution is 5.85. The highest BCUT2D eigenvalue weighted by Gasteiger charge is 2.09. The molecule has 0 saturated carbocycles. The lowest BCUT2D eigenvalue weighted by Crippen LogP contribution is -2.36. The van der Waals surface area contributed by atoms with Crippen LogP contribution in [0.15, 0.2) is 39.7 Å². The van der Waals surface area contributed by atoms with Crippen molar-refractivity contribution in [2.75, 3.05) is 25.5 Å². The number of fused-ring (bicyclic) bond motifs is 1. The van der Waals surface area contributed by atoms with Gasteiger partial charge in [-0.05, 0) is 38.5 Å². The van der Waals surface area contributed by atoms with Gasteiger partial charge in [0.2, 0.25) is 5.89 Å². The van der Waals surface area contributed by atoms with Crippen molar-refractivity contribution in [3.63, 3.8) is 0 Å². The van der Waals surface area contributed by atoms with Crippen LogP contribution in [-0.4, -0.2) is 36.6 Å². The molecule has 0 amide bonds. The van der Waals surface area contributed by atoms with Gasteiger partial charge in [0.05, 0.1) is 24.3 Å². The lowest BCUT2D eigenvalue weighted by molar-refractivity contribution is 0.463. The Balaban J connectivity index is 1.82. The third-order valence-electron chi connectivity index (χ3n) is 4.48. The number of benzene rings is 1. The average Bonchev–Trinajstić information content (AvgIpc) is 3.01. The van der Waals surface area contributed by atoms with E-state index in [1.54, 1.807) is 0 Å². The fourth-order valence-electron chi connectivity index (χ4n) is 2.87. The third kappa shape index (κ3) is 4.60. The smallest absolute Gasteiger partial charge is 0.214 e. The van der Waals surface area contributed by atoms with Crippen molar-refractivity contribution in [2.24, 2.45) is 4.99 Å². The van der Waals surface area contributed by atoms with E-state index in [-0.39, 0.29) is 0 Å². The Morgan fingerprint density at radius 2 is 1.93 bits per heavy atom. The molecule has 7 nitrogen and oxygen atoms in total. The highest BCUT2D eigenvalue weighted by Crippen LogP contribution is 2.22. The summed E-state index contributed by atoms with van der Waals surface area (Å²) in [7, 11) is 3.99. The summed E-state index contributed by atoms with van der Waals surface area (Å²) in [4.78, 5) is 15.9. The second-order valence-electron chi connectivity index (χ2n) is 6.85. The van der Waals surface area contributed by atoms with Gasteiger partial charge in [0, 0.05) is 26.0 Å². The van der Waals surface area contributed by atoms with E-state index >= 15 is 0 Å². The number of pyridine rings is 1. The minimum atomic E-state index is 0.487. The zero-order valence-corrected chi connectivity index (χ0v) is 17.2. The first-order valence-corrected chi connectivity index (χ1v) is 9.49. The predicted molar refractivity (Wildman–Crippen MR) is 114 cm³/mol. The monoisotopic (exact) mass is 380 g/mol. The Labute approximate surface area is 165 Å². The highest BCUT2D eigenvalue weighted by atomic mass is 16.4. The van der Waals surface area contributed by atoms with Crippen molar-refractivity contribution >= 4 is 22.7 Å². The van der Waals surface area contributed by atoms with E-state index in [1.807, 2.05) is 58.0 Å². The Hall–Kier alpha value is -3.09. The van der Waals surface area contributed by atoms with Crippen LogP contribution in [0, 0.1) is 13.8 Å². The molecule has 0 fully saturated rings. The maximum Gasteiger partial charge on any atom is 0.214 e. The first-order valence-electron chi connectivity index (χ1n) is 9.49. The molecule has 28 heavy (non-hydrogen) atoms. The quantitative estimate of drug-likeness (QED) is 0.505. The third-order valence-corrected chi connectivity index (χ3v) is 4.48. The molecule has 0 aliphatic carbocycles. The zero-order chi connectivity index (χ0) is 20.1. The summed E-state index contributed by atoms with van der Waals surface area (Å²) in [6.07, 6.45) is 0. The second kappa shape index (κ2) is 8.73. The van der Waals surface area contributed by atoms with E-state index in [4.69, 9.17) is 14.4 Å². The molecule has 3 rings (SSSR count). The van der Waals surface area contributed by atoms with Crippen molar-refractivity contribution in [3.8, 4) is 0 Å². The summed E-state index contributed by atoms with van der Waals surface area (Å²) in [5.41, 5.74) is 3.02.